The Morgan fingerprint density at radius 2 is 1.62 bits per heavy atom. The van der Waals surface area contributed by atoms with Crippen molar-refractivity contribution in [3.05, 3.63) is 71.2 Å². The molecule has 0 atom stereocenters. The fraction of sp³-hybridized carbons (Fsp3) is 0.310. The van der Waals surface area contributed by atoms with Crippen molar-refractivity contribution in [2.24, 2.45) is 0 Å². The van der Waals surface area contributed by atoms with Crippen LogP contribution in [-0.2, 0) is 26.6 Å². The average molecular weight is 584 g/mol. The van der Waals surface area contributed by atoms with Gasteiger partial charge >= 0.3 is 7.60 Å². The summed E-state index contributed by atoms with van der Waals surface area (Å²) in [6.07, 6.45) is 0.588. The van der Waals surface area contributed by atoms with Crippen molar-refractivity contribution in [1.29, 1.82) is 0 Å². The number of methoxy groups -OCH3 is 2. The highest BCUT2D eigenvalue weighted by molar-refractivity contribution is 7.53. The molecule has 0 saturated heterocycles. The van der Waals surface area contributed by atoms with Gasteiger partial charge in [-0.15, -0.1) is 0 Å². The van der Waals surface area contributed by atoms with Crippen molar-refractivity contribution in [3.63, 3.8) is 0 Å². The van der Waals surface area contributed by atoms with Crippen LogP contribution in [0.25, 0.3) is 33.4 Å². The maximum atomic E-state index is 12.9. The van der Waals surface area contributed by atoms with Crippen molar-refractivity contribution in [3.8, 4) is 23.0 Å². The molecule has 0 bridgehead atoms. The number of benzene rings is 2. The van der Waals surface area contributed by atoms with Gasteiger partial charge in [0, 0.05) is 24.4 Å². The van der Waals surface area contributed by atoms with E-state index in [2.05, 4.69) is 14.5 Å². The van der Waals surface area contributed by atoms with Crippen molar-refractivity contribution < 1.29 is 27.5 Å². The number of halogens is 1. The smallest absolute Gasteiger partial charge is 0.331 e. The highest BCUT2D eigenvalue weighted by Gasteiger charge is 2.25. The summed E-state index contributed by atoms with van der Waals surface area (Å²) in [6, 6.07) is 17.4. The maximum Gasteiger partial charge on any atom is 0.331 e. The third-order valence-electron chi connectivity index (χ3n) is 6.56. The Bertz CT molecular complexity index is 1670. The van der Waals surface area contributed by atoms with Gasteiger partial charge in [0.15, 0.2) is 5.76 Å². The van der Waals surface area contributed by atoms with Gasteiger partial charge in [-0.25, -0.2) is 9.97 Å². The molecule has 5 aromatic rings. The molecule has 0 amide bonds. The van der Waals surface area contributed by atoms with Crippen LogP contribution in [0.4, 0.5) is 0 Å². The van der Waals surface area contributed by atoms with Crippen LogP contribution in [0.3, 0.4) is 0 Å². The van der Waals surface area contributed by atoms with Gasteiger partial charge < -0.3 is 27.5 Å². The lowest BCUT2D eigenvalue weighted by Crippen LogP contribution is -2.02. The molecule has 3 heterocycles. The molecule has 0 aliphatic heterocycles. The van der Waals surface area contributed by atoms with E-state index in [1.165, 1.54) is 0 Å². The molecule has 0 N–H and O–H groups in total. The van der Waals surface area contributed by atoms with Crippen LogP contribution in [0.15, 0.2) is 59.0 Å². The summed E-state index contributed by atoms with van der Waals surface area (Å²) in [7, 11) is 0.0769. The normalized spacial score (nSPS) is 11.9. The molecular formula is C29H31ClN3O6P. The van der Waals surface area contributed by atoms with Crippen LogP contribution in [0.5, 0.6) is 11.5 Å². The van der Waals surface area contributed by atoms with E-state index in [0.717, 1.165) is 33.5 Å². The Balaban J connectivity index is 1.61. The Morgan fingerprint density at radius 1 is 0.925 bits per heavy atom. The summed E-state index contributed by atoms with van der Waals surface area (Å²) in [5.41, 5.74) is 4.02. The van der Waals surface area contributed by atoms with E-state index < -0.39 is 7.60 Å². The van der Waals surface area contributed by atoms with Gasteiger partial charge in [0.2, 0.25) is 5.28 Å². The zero-order valence-electron chi connectivity index (χ0n) is 22.8. The van der Waals surface area contributed by atoms with E-state index in [0.29, 0.717) is 48.9 Å². The van der Waals surface area contributed by atoms with E-state index in [1.807, 2.05) is 54.6 Å². The van der Waals surface area contributed by atoms with Crippen LogP contribution in [0.1, 0.15) is 25.2 Å². The second kappa shape index (κ2) is 12.0. The van der Waals surface area contributed by atoms with Gasteiger partial charge in [0.1, 0.15) is 28.5 Å². The summed E-state index contributed by atoms with van der Waals surface area (Å²) in [6.45, 7) is 4.74. The number of ether oxygens (including phenoxy) is 2. The Kier molecular flexibility index (Phi) is 8.47. The predicted octanol–water partition coefficient (Wildman–Crippen LogP) is 7.37. The molecule has 0 saturated carbocycles. The van der Waals surface area contributed by atoms with E-state index in [-0.39, 0.29) is 11.4 Å². The topological polar surface area (TPSA) is 97.8 Å². The molecule has 0 aliphatic rings. The lowest BCUT2D eigenvalue weighted by Gasteiger charge is -2.16. The molecule has 0 unspecified atom stereocenters. The summed E-state index contributed by atoms with van der Waals surface area (Å²) >= 11 is 6.45. The minimum Gasteiger partial charge on any atom is -0.497 e. The van der Waals surface area contributed by atoms with Gasteiger partial charge in [-0.1, -0.05) is 12.1 Å². The summed E-state index contributed by atoms with van der Waals surface area (Å²) in [4.78, 5) is 9.22. The zero-order chi connectivity index (χ0) is 28.3. The molecule has 0 spiro atoms. The molecule has 0 radical (unpaired) electrons. The second-order valence-corrected chi connectivity index (χ2v) is 11.6. The summed E-state index contributed by atoms with van der Waals surface area (Å²) < 4.78 is 43.0. The standard InChI is InChI=1S/C29H31ClN3O6P/c1-5-37-40(34,38-6-2)16-15-21-12-14-25(39-21)27-28-26(31-29(30)32-27)23-13-11-22(36-4)17-24(23)33(28)18-19-7-9-20(35-3)10-8-19/h7-14,17H,5-6,15-16,18H2,1-4H3. The number of fused-ring (bicyclic) bond motifs is 3. The molecular weight excluding hydrogens is 553 g/mol. The van der Waals surface area contributed by atoms with Gasteiger partial charge in [0.05, 0.1) is 44.6 Å². The predicted molar refractivity (Wildman–Crippen MR) is 156 cm³/mol. The fourth-order valence-corrected chi connectivity index (χ4v) is 6.53. The Labute approximate surface area is 237 Å². The second-order valence-electron chi connectivity index (χ2n) is 9.04. The first kappa shape index (κ1) is 28.2. The summed E-state index contributed by atoms with van der Waals surface area (Å²) in [5.74, 6) is 2.67. The molecule has 9 nitrogen and oxygen atoms in total. The molecule has 40 heavy (non-hydrogen) atoms. The number of aromatic nitrogens is 3. The van der Waals surface area contributed by atoms with E-state index in [1.54, 1.807) is 28.1 Å². The molecule has 11 heteroatoms. The molecule has 2 aromatic carbocycles. The van der Waals surface area contributed by atoms with Crippen molar-refractivity contribution in [1.82, 2.24) is 14.5 Å². The monoisotopic (exact) mass is 583 g/mol. The van der Waals surface area contributed by atoms with Gasteiger partial charge in [-0.05, 0) is 67.4 Å². The van der Waals surface area contributed by atoms with Crippen LogP contribution < -0.4 is 9.47 Å². The Hall–Kier alpha value is -3.36. The number of furan rings is 1. The third-order valence-corrected chi connectivity index (χ3v) is 8.80. The van der Waals surface area contributed by atoms with E-state index in [9.17, 15) is 4.57 Å². The van der Waals surface area contributed by atoms with E-state index in [4.69, 9.17) is 34.5 Å². The first-order valence-electron chi connectivity index (χ1n) is 13.0. The van der Waals surface area contributed by atoms with Crippen LogP contribution in [0.2, 0.25) is 5.28 Å². The number of aryl methyl sites for hydroxylation is 1. The lowest BCUT2D eigenvalue weighted by molar-refractivity contribution is 0.220. The minimum absolute atomic E-state index is 0.108. The van der Waals surface area contributed by atoms with Crippen LogP contribution in [0, 0.1) is 0 Å². The summed E-state index contributed by atoms with van der Waals surface area (Å²) in [5, 5.41) is 1.02. The molecule has 0 aliphatic carbocycles. The fourth-order valence-electron chi connectivity index (χ4n) is 4.75. The van der Waals surface area contributed by atoms with Crippen LogP contribution in [-0.4, -0.2) is 48.1 Å². The van der Waals surface area contributed by atoms with Crippen molar-refractivity contribution >= 4 is 41.1 Å². The van der Waals surface area contributed by atoms with Crippen LogP contribution >= 0.6 is 19.2 Å². The minimum atomic E-state index is -3.21. The first-order chi connectivity index (χ1) is 19.4. The average Bonchev–Trinajstić information content (AvgIpc) is 3.55. The van der Waals surface area contributed by atoms with Gasteiger partial charge in [-0.3, -0.25) is 4.57 Å². The van der Waals surface area contributed by atoms with Gasteiger partial charge in [0.25, 0.3) is 0 Å². The molecule has 0 fully saturated rings. The maximum absolute atomic E-state index is 12.9. The largest absolute Gasteiger partial charge is 0.497 e. The van der Waals surface area contributed by atoms with Crippen molar-refractivity contribution in [2.45, 2.75) is 26.8 Å². The van der Waals surface area contributed by atoms with E-state index >= 15 is 0 Å². The quantitative estimate of drug-likeness (QED) is 0.111. The van der Waals surface area contributed by atoms with Gasteiger partial charge in [-0.2, -0.15) is 0 Å². The third kappa shape index (κ3) is 5.74. The lowest BCUT2D eigenvalue weighted by atomic mass is 10.2. The highest BCUT2D eigenvalue weighted by Crippen LogP contribution is 2.48. The zero-order valence-corrected chi connectivity index (χ0v) is 24.5. The SMILES string of the molecule is CCOP(=O)(CCc1ccc(-c2nc(Cl)nc3c4ccc(OC)cc4n(Cc4ccc(OC)cc4)c23)o1)OCC. The highest BCUT2D eigenvalue weighted by atomic mass is 35.5. The van der Waals surface area contributed by atoms with Crippen molar-refractivity contribution in [2.75, 3.05) is 33.6 Å². The molecule has 3 aromatic heterocycles. The molecule has 210 valence electrons. The number of hydrogen-bond acceptors (Lipinski definition) is 8. The molecule has 5 rings (SSSR count). The number of nitrogens with zero attached hydrogens (tertiary/aromatic N) is 3. The number of rotatable bonds is 12. The Morgan fingerprint density at radius 3 is 2.30 bits per heavy atom. The first-order valence-corrected chi connectivity index (χ1v) is 15.1. The number of hydrogen-bond donors (Lipinski definition) is 0.